The second-order valence-corrected chi connectivity index (χ2v) is 7.20. The van der Waals surface area contributed by atoms with Crippen LogP contribution < -0.4 is 0 Å². The van der Waals surface area contributed by atoms with Gasteiger partial charge in [0.25, 0.3) is 0 Å². The van der Waals surface area contributed by atoms with Crippen molar-refractivity contribution in [2.45, 2.75) is 43.8 Å². The molecule has 1 aromatic heterocycles. The quantitative estimate of drug-likeness (QED) is 0.933. The van der Waals surface area contributed by atoms with E-state index in [4.69, 9.17) is 9.47 Å². The third-order valence-corrected chi connectivity index (χ3v) is 5.85. The van der Waals surface area contributed by atoms with Crippen LogP contribution in [-0.4, -0.2) is 54.3 Å². The lowest BCUT2D eigenvalue weighted by Gasteiger charge is -2.48. The van der Waals surface area contributed by atoms with Crippen LogP contribution in [0, 0.1) is 0 Å². The highest BCUT2D eigenvalue weighted by atomic mass is 16.5. The molecule has 0 unspecified atom stereocenters. The smallest absolute Gasteiger partial charge is 0.227 e. The number of fused-ring (bicyclic) bond motifs is 1. The normalized spacial score (nSPS) is 23.2. The molecule has 1 atom stereocenters. The van der Waals surface area contributed by atoms with Crippen molar-refractivity contribution in [2.24, 2.45) is 0 Å². The van der Waals surface area contributed by atoms with Gasteiger partial charge in [-0.25, -0.2) is 0 Å². The number of hydrogen-bond acceptors (Lipinski definition) is 3. The van der Waals surface area contributed by atoms with Gasteiger partial charge < -0.3 is 19.4 Å². The Morgan fingerprint density at radius 2 is 2.16 bits per heavy atom. The van der Waals surface area contributed by atoms with Crippen LogP contribution in [0.1, 0.15) is 31.2 Å². The van der Waals surface area contributed by atoms with E-state index < -0.39 is 0 Å². The molecule has 2 fully saturated rings. The third-order valence-electron chi connectivity index (χ3n) is 5.85. The summed E-state index contributed by atoms with van der Waals surface area (Å²) in [6.45, 7) is 2.31. The number of likely N-dealkylation sites (tertiary alicyclic amines) is 1. The number of methoxy groups -OCH3 is 1. The van der Waals surface area contributed by atoms with Gasteiger partial charge in [0.05, 0.1) is 18.1 Å². The minimum absolute atomic E-state index is 0.159. The highest BCUT2D eigenvalue weighted by molar-refractivity contribution is 5.88. The minimum atomic E-state index is -0.190. The van der Waals surface area contributed by atoms with E-state index in [0.717, 1.165) is 61.8 Å². The van der Waals surface area contributed by atoms with E-state index in [9.17, 15) is 4.79 Å². The molecular formula is C20H26N2O3. The Morgan fingerprint density at radius 3 is 2.96 bits per heavy atom. The lowest BCUT2D eigenvalue weighted by atomic mass is 9.81. The largest absolute Gasteiger partial charge is 0.378 e. The molecule has 134 valence electrons. The average Bonchev–Trinajstić information content (AvgIpc) is 3.06. The summed E-state index contributed by atoms with van der Waals surface area (Å²) < 4.78 is 11.8. The predicted molar refractivity (Wildman–Crippen MR) is 96.5 cm³/mol. The van der Waals surface area contributed by atoms with E-state index in [1.165, 1.54) is 0 Å². The molecule has 5 nitrogen and oxygen atoms in total. The third kappa shape index (κ3) is 3.07. The zero-order chi connectivity index (χ0) is 17.3. The highest BCUT2D eigenvalue weighted by Gasteiger charge is 2.45. The molecule has 2 saturated heterocycles. The summed E-state index contributed by atoms with van der Waals surface area (Å²) in [5, 5.41) is 1.14. The molecular weight excluding hydrogens is 316 g/mol. The number of piperidine rings is 1. The minimum Gasteiger partial charge on any atom is -0.378 e. The molecule has 2 aliphatic rings. The summed E-state index contributed by atoms with van der Waals surface area (Å²) >= 11 is 0. The molecule has 5 heteroatoms. The monoisotopic (exact) mass is 342 g/mol. The number of aromatic amines is 1. The van der Waals surface area contributed by atoms with E-state index in [0.29, 0.717) is 6.42 Å². The molecule has 1 N–H and O–H groups in total. The van der Waals surface area contributed by atoms with Crippen molar-refractivity contribution in [2.75, 3.05) is 26.8 Å². The molecule has 4 rings (SSSR count). The average molecular weight is 342 g/mol. The summed E-state index contributed by atoms with van der Waals surface area (Å²) in [6.07, 6.45) is 6.41. The SMILES string of the molecule is CO[C@H]1CCCOC12CCN(C(=O)Cc1c[nH]c3ccccc13)CC2. The van der Waals surface area contributed by atoms with Crippen LogP contribution in [0.2, 0.25) is 0 Å². The summed E-state index contributed by atoms with van der Waals surface area (Å²) in [5.74, 6) is 0.198. The number of rotatable bonds is 3. The molecule has 0 bridgehead atoms. The number of carbonyl (C=O) groups is 1. The molecule has 0 saturated carbocycles. The maximum atomic E-state index is 12.8. The maximum absolute atomic E-state index is 12.8. The van der Waals surface area contributed by atoms with Crippen LogP contribution in [-0.2, 0) is 20.7 Å². The van der Waals surface area contributed by atoms with Gasteiger partial charge in [-0.3, -0.25) is 4.79 Å². The fourth-order valence-corrected chi connectivity index (χ4v) is 4.39. The van der Waals surface area contributed by atoms with Crippen LogP contribution in [0.3, 0.4) is 0 Å². The lowest BCUT2D eigenvalue weighted by Crippen LogP contribution is -2.56. The number of H-pyrrole nitrogens is 1. The molecule has 2 aliphatic heterocycles. The van der Waals surface area contributed by atoms with E-state index in [1.807, 2.05) is 29.3 Å². The van der Waals surface area contributed by atoms with Gasteiger partial charge >= 0.3 is 0 Å². The Balaban J connectivity index is 1.41. The number of nitrogens with one attached hydrogen (secondary N) is 1. The highest BCUT2D eigenvalue weighted by Crippen LogP contribution is 2.37. The summed E-state index contributed by atoms with van der Waals surface area (Å²) in [7, 11) is 1.77. The first-order valence-electron chi connectivity index (χ1n) is 9.21. The molecule has 1 aromatic carbocycles. The Hall–Kier alpha value is -1.85. The van der Waals surface area contributed by atoms with Crippen molar-refractivity contribution in [3.63, 3.8) is 0 Å². The zero-order valence-electron chi connectivity index (χ0n) is 14.8. The first kappa shape index (κ1) is 16.6. The number of amides is 1. The first-order chi connectivity index (χ1) is 12.2. The van der Waals surface area contributed by atoms with Crippen molar-refractivity contribution in [1.82, 2.24) is 9.88 Å². The maximum Gasteiger partial charge on any atom is 0.227 e. The number of aromatic nitrogens is 1. The zero-order valence-corrected chi connectivity index (χ0v) is 14.8. The van der Waals surface area contributed by atoms with E-state index in [1.54, 1.807) is 7.11 Å². The number of nitrogens with zero attached hydrogens (tertiary/aromatic N) is 1. The Morgan fingerprint density at radius 1 is 1.36 bits per heavy atom. The van der Waals surface area contributed by atoms with E-state index in [2.05, 4.69) is 11.1 Å². The Bertz CT molecular complexity index is 746. The topological polar surface area (TPSA) is 54.6 Å². The second kappa shape index (κ2) is 6.81. The van der Waals surface area contributed by atoms with Crippen LogP contribution in [0.25, 0.3) is 10.9 Å². The van der Waals surface area contributed by atoms with Crippen molar-refractivity contribution in [3.8, 4) is 0 Å². The van der Waals surface area contributed by atoms with Gasteiger partial charge in [-0.15, -0.1) is 0 Å². The summed E-state index contributed by atoms with van der Waals surface area (Å²) in [5.41, 5.74) is 1.97. The Kier molecular flexibility index (Phi) is 4.52. The predicted octanol–water partition coefficient (Wildman–Crippen LogP) is 2.90. The van der Waals surface area contributed by atoms with Crippen LogP contribution in [0.5, 0.6) is 0 Å². The van der Waals surface area contributed by atoms with E-state index >= 15 is 0 Å². The molecule has 0 aliphatic carbocycles. The van der Waals surface area contributed by atoms with Gasteiger partial charge in [0.1, 0.15) is 0 Å². The van der Waals surface area contributed by atoms with Gasteiger partial charge in [-0.05, 0) is 37.3 Å². The Labute approximate surface area is 148 Å². The van der Waals surface area contributed by atoms with E-state index in [-0.39, 0.29) is 17.6 Å². The second-order valence-electron chi connectivity index (χ2n) is 7.20. The van der Waals surface area contributed by atoms with Crippen LogP contribution >= 0.6 is 0 Å². The molecule has 3 heterocycles. The molecule has 0 radical (unpaired) electrons. The van der Waals surface area contributed by atoms with Gasteiger partial charge in [-0.2, -0.15) is 0 Å². The van der Waals surface area contributed by atoms with Crippen molar-refractivity contribution >= 4 is 16.8 Å². The fraction of sp³-hybridized carbons (Fsp3) is 0.550. The van der Waals surface area contributed by atoms with Crippen molar-refractivity contribution in [3.05, 3.63) is 36.0 Å². The molecule has 2 aromatic rings. The molecule has 1 spiro atoms. The number of ether oxygens (including phenoxy) is 2. The lowest BCUT2D eigenvalue weighted by molar-refractivity contribution is -0.188. The van der Waals surface area contributed by atoms with Gasteiger partial charge in [0.15, 0.2) is 0 Å². The van der Waals surface area contributed by atoms with Gasteiger partial charge in [-0.1, -0.05) is 18.2 Å². The standard InChI is InChI=1S/C20H26N2O3/c1-24-18-7-4-12-25-20(18)8-10-22(11-9-20)19(23)13-15-14-21-17-6-3-2-5-16(15)17/h2-3,5-6,14,18,21H,4,7-13H2,1H3/t18-/m0/s1. The number of carbonyl (C=O) groups excluding carboxylic acids is 1. The molecule has 25 heavy (non-hydrogen) atoms. The van der Waals surface area contributed by atoms with Gasteiger partial charge in [0.2, 0.25) is 5.91 Å². The van der Waals surface area contributed by atoms with Crippen LogP contribution in [0.4, 0.5) is 0 Å². The van der Waals surface area contributed by atoms with Gasteiger partial charge in [0, 0.05) is 43.9 Å². The number of benzene rings is 1. The fourth-order valence-electron chi connectivity index (χ4n) is 4.39. The first-order valence-corrected chi connectivity index (χ1v) is 9.21. The summed E-state index contributed by atoms with van der Waals surface area (Å²) in [6, 6.07) is 8.13. The van der Waals surface area contributed by atoms with Crippen molar-refractivity contribution in [1.29, 1.82) is 0 Å². The van der Waals surface area contributed by atoms with Crippen molar-refractivity contribution < 1.29 is 14.3 Å². The molecule has 1 amide bonds. The van der Waals surface area contributed by atoms with Crippen LogP contribution in [0.15, 0.2) is 30.5 Å². The summed E-state index contributed by atoms with van der Waals surface area (Å²) in [4.78, 5) is 18.0. The number of hydrogen-bond donors (Lipinski definition) is 1. The number of para-hydroxylation sites is 1.